The van der Waals surface area contributed by atoms with Gasteiger partial charge in [-0.2, -0.15) is 0 Å². The Morgan fingerprint density at radius 3 is 3.00 bits per heavy atom. The standard InChI is InChI=1S/C18H28N2O/c1-3-9-19-15-17-5-4-6-18(14-17)21-13-12-20-10-7-16(2)8-11-20/h4-7,14,19H,3,8-13,15H2,1-2H3. The molecule has 3 nitrogen and oxygen atoms in total. The molecule has 1 heterocycles. The predicted molar refractivity (Wildman–Crippen MR) is 88.7 cm³/mol. The molecule has 0 atom stereocenters. The molecular formula is C18H28N2O. The first-order valence-electron chi connectivity index (χ1n) is 8.08. The molecule has 0 aromatic heterocycles. The highest BCUT2D eigenvalue weighted by atomic mass is 16.5. The Kier molecular flexibility index (Phi) is 6.77. The summed E-state index contributed by atoms with van der Waals surface area (Å²) < 4.78 is 5.89. The van der Waals surface area contributed by atoms with Gasteiger partial charge < -0.3 is 10.1 Å². The van der Waals surface area contributed by atoms with Crippen LogP contribution in [0.1, 0.15) is 32.3 Å². The molecule has 0 saturated carbocycles. The van der Waals surface area contributed by atoms with Gasteiger partial charge in [0.1, 0.15) is 12.4 Å². The lowest BCUT2D eigenvalue weighted by Gasteiger charge is -2.25. The molecule has 1 aliphatic heterocycles. The van der Waals surface area contributed by atoms with Gasteiger partial charge in [-0.25, -0.2) is 0 Å². The first-order chi connectivity index (χ1) is 10.3. The van der Waals surface area contributed by atoms with Crippen LogP contribution in [0.2, 0.25) is 0 Å². The van der Waals surface area contributed by atoms with Crippen LogP contribution in [0, 0.1) is 0 Å². The SMILES string of the molecule is CCCNCc1cccc(OCCN2CC=C(C)CC2)c1. The molecule has 116 valence electrons. The molecule has 0 aliphatic carbocycles. The van der Waals surface area contributed by atoms with Crippen molar-refractivity contribution in [1.29, 1.82) is 0 Å². The summed E-state index contributed by atoms with van der Waals surface area (Å²) in [6.45, 7) is 10.4. The van der Waals surface area contributed by atoms with Gasteiger partial charge in [-0.05, 0) is 44.0 Å². The molecule has 1 aromatic carbocycles. The molecule has 2 rings (SSSR count). The zero-order valence-electron chi connectivity index (χ0n) is 13.4. The maximum absolute atomic E-state index is 5.89. The van der Waals surface area contributed by atoms with Crippen molar-refractivity contribution in [2.45, 2.75) is 33.2 Å². The summed E-state index contributed by atoms with van der Waals surface area (Å²) in [5.41, 5.74) is 2.80. The van der Waals surface area contributed by atoms with E-state index < -0.39 is 0 Å². The average Bonchev–Trinajstić information content (AvgIpc) is 2.50. The van der Waals surface area contributed by atoms with E-state index in [0.717, 1.165) is 45.1 Å². The highest BCUT2D eigenvalue weighted by Gasteiger charge is 2.08. The van der Waals surface area contributed by atoms with E-state index in [0.29, 0.717) is 0 Å². The topological polar surface area (TPSA) is 24.5 Å². The molecule has 0 saturated heterocycles. The number of hydrogen-bond acceptors (Lipinski definition) is 3. The van der Waals surface area contributed by atoms with Crippen molar-refractivity contribution < 1.29 is 4.74 Å². The van der Waals surface area contributed by atoms with Crippen molar-refractivity contribution in [3.05, 3.63) is 41.5 Å². The number of nitrogens with one attached hydrogen (secondary N) is 1. The van der Waals surface area contributed by atoms with Crippen molar-refractivity contribution in [2.24, 2.45) is 0 Å². The van der Waals surface area contributed by atoms with Gasteiger partial charge in [0.15, 0.2) is 0 Å². The van der Waals surface area contributed by atoms with Crippen LogP contribution in [0.15, 0.2) is 35.9 Å². The summed E-state index contributed by atoms with van der Waals surface area (Å²) in [5, 5.41) is 3.42. The third-order valence-corrected chi connectivity index (χ3v) is 3.85. The maximum atomic E-state index is 5.89. The van der Waals surface area contributed by atoms with E-state index in [9.17, 15) is 0 Å². The number of nitrogens with zero attached hydrogens (tertiary/aromatic N) is 1. The summed E-state index contributed by atoms with van der Waals surface area (Å²) in [6.07, 6.45) is 4.68. The van der Waals surface area contributed by atoms with Gasteiger partial charge in [0, 0.05) is 26.2 Å². The number of hydrogen-bond donors (Lipinski definition) is 1. The summed E-state index contributed by atoms with van der Waals surface area (Å²) in [6, 6.07) is 8.41. The number of benzene rings is 1. The Morgan fingerprint density at radius 2 is 2.24 bits per heavy atom. The molecule has 1 aliphatic rings. The minimum Gasteiger partial charge on any atom is -0.492 e. The van der Waals surface area contributed by atoms with E-state index in [4.69, 9.17) is 4.74 Å². The molecule has 0 fully saturated rings. The van der Waals surface area contributed by atoms with Crippen molar-refractivity contribution in [2.75, 3.05) is 32.8 Å². The minimum atomic E-state index is 0.763. The van der Waals surface area contributed by atoms with E-state index >= 15 is 0 Å². The normalized spacial score (nSPS) is 15.8. The fourth-order valence-electron chi connectivity index (χ4n) is 2.46. The van der Waals surface area contributed by atoms with Crippen LogP contribution in [0.4, 0.5) is 0 Å². The smallest absolute Gasteiger partial charge is 0.119 e. The number of rotatable bonds is 8. The molecule has 3 heteroatoms. The molecule has 1 aromatic rings. The lowest BCUT2D eigenvalue weighted by Crippen LogP contribution is -2.32. The zero-order chi connectivity index (χ0) is 14.9. The van der Waals surface area contributed by atoms with Crippen LogP contribution < -0.4 is 10.1 Å². The monoisotopic (exact) mass is 288 g/mol. The Labute approximate surface area is 129 Å². The van der Waals surface area contributed by atoms with Crippen LogP contribution >= 0.6 is 0 Å². The van der Waals surface area contributed by atoms with Crippen LogP contribution in [0.5, 0.6) is 5.75 Å². The van der Waals surface area contributed by atoms with E-state index in [1.807, 2.05) is 6.07 Å². The summed E-state index contributed by atoms with van der Waals surface area (Å²) in [5.74, 6) is 0.981. The second-order valence-corrected chi connectivity index (χ2v) is 5.77. The third-order valence-electron chi connectivity index (χ3n) is 3.85. The van der Waals surface area contributed by atoms with Gasteiger partial charge in [0.2, 0.25) is 0 Å². The van der Waals surface area contributed by atoms with Gasteiger partial charge >= 0.3 is 0 Å². The number of ether oxygens (including phenoxy) is 1. The van der Waals surface area contributed by atoms with Crippen molar-refractivity contribution in [1.82, 2.24) is 10.2 Å². The lowest BCUT2D eigenvalue weighted by atomic mass is 10.1. The summed E-state index contributed by atoms with van der Waals surface area (Å²) >= 11 is 0. The Hall–Kier alpha value is -1.32. The first kappa shape index (κ1) is 16.1. The Bertz CT molecular complexity index is 456. The van der Waals surface area contributed by atoms with Gasteiger partial charge in [-0.1, -0.05) is 30.7 Å². The quantitative estimate of drug-likeness (QED) is 0.587. The lowest BCUT2D eigenvalue weighted by molar-refractivity contribution is 0.218. The third kappa shape index (κ3) is 5.90. The molecule has 0 radical (unpaired) electrons. The van der Waals surface area contributed by atoms with Gasteiger partial charge in [-0.3, -0.25) is 4.90 Å². The van der Waals surface area contributed by atoms with Gasteiger partial charge in [-0.15, -0.1) is 0 Å². The van der Waals surface area contributed by atoms with E-state index in [-0.39, 0.29) is 0 Å². The molecule has 21 heavy (non-hydrogen) atoms. The van der Waals surface area contributed by atoms with Crippen LogP contribution in [0.25, 0.3) is 0 Å². The minimum absolute atomic E-state index is 0.763. The second kappa shape index (κ2) is 8.85. The predicted octanol–water partition coefficient (Wildman–Crippen LogP) is 3.22. The second-order valence-electron chi connectivity index (χ2n) is 5.77. The molecule has 0 amide bonds. The molecule has 0 spiro atoms. The van der Waals surface area contributed by atoms with Crippen LogP contribution in [0.3, 0.4) is 0 Å². The highest BCUT2D eigenvalue weighted by Crippen LogP contribution is 2.14. The highest BCUT2D eigenvalue weighted by molar-refractivity contribution is 5.28. The van der Waals surface area contributed by atoms with E-state index in [1.165, 1.54) is 24.0 Å². The average molecular weight is 288 g/mol. The van der Waals surface area contributed by atoms with Crippen molar-refractivity contribution >= 4 is 0 Å². The Balaban J connectivity index is 1.71. The van der Waals surface area contributed by atoms with Crippen LogP contribution in [-0.2, 0) is 6.54 Å². The fourth-order valence-corrected chi connectivity index (χ4v) is 2.46. The maximum Gasteiger partial charge on any atom is 0.119 e. The Morgan fingerprint density at radius 1 is 1.33 bits per heavy atom. The van der Waals surface area contributed by atoms with E-state index in [2.05, 4.69) is 48.3 Å². The summed E-state index contributed by atoms with van der Waals surface area (Å²) in [7, 11) is 0. The molecule has 0 bridgehead atoms. The van der Waals surface area contributed by atoms with Crippen molar-refractivity contribution in [3.63, 3.8) is 0 Å². The fraction of sp³-hybridized carbons (Fsp3) is 0.556. The van der Waals surface area contributed by atoms with Gasteiger partial charge in [0.05, 0.1) is 0 Å². The molecule has 1 N–H and O–H groups in total. The zero-order valence-corrected chi connectivity index (χ0v) is 13.4. The van der Waals surface area contributed by atoms with E-state index in [1.54, 1.807) is 0 Å². The first-order valence-corrected chi connectivity index (χ1v) is 8.08. The van der Waals surface area contributed by atoms with Gasteiger partial charge in [0.25, 0.3) is 0 Å². The largest absolute Gasteiger partial charge is 0.492 e. The molecular weight excluding hydrogens is 260 g/mol. The van der Waals surface area contributed by atoms with Crippen molar-refractivity contribution in [3.8, 4) is 5.75 Å². The summed E-state index contributed by atoms with van der Waals surface area (Å²) in [4.78, 5) is 2.44. The molecule has 0 unspecified atom stereocenters. The van der Waals surface area contributed by atoms with Crippen LogP contribution in [-0.4, -0.2) is 37.7 Å².